The fraction of sp³-hybridized carbons (Fsp3) is 0.333. The highest BCUT2D eigenvalue weighted by Gasteiger charge is 2.09. The SMILES string of the molecule is CCNCc1ccc(-c2c(Br)nnn2C)cc1. The van der Waals surface area contributed by atoms with Crippen LogP contribution >= 0.6 is 15.9 Å². The Hall–Kier alpha value is -1.20. The van der Waals surface area contributed by atoms with E-state index in [4.69, 9.17) is 0 Å². The monoisotopic (exact) mass is 294 g/mol. The molecule has 0 aliphatic heterocycles. The van der Waals surface area contributed by atoms with Crippen LogP contribution in [0.5, 0.6) is 0 Å². The maximum atomic E-state index is 3.98. The molecule has 5 heteroatoms. The third kappa shape index (κ3) is 2.73. The van der Waals surface area contributed by atoms with Gasteiger partial charge in [0.25, 0.3) is 0 Å². The normalized spacial score (nSPS) is 10.8. The molecule has 1 N–H and O–H groups in total. The molecule has 0 amide bonds. The number of halogens is 1. The molecule has 0 spiro atoms. The molecular weight excluding hydrogens is 280 g/mol. The lowest BCUT2D eigenvalue weighted by Gasteiger charge is -2.05. The van der Waals surface area contributed by atoms with Gasteiger partial charge in [-0.2, -0.15) is 0 Å². The Balaban J connectivity index is 2.23. The standard InChI is InChI=1S/C12H15BrN4/c1-3-14-8-9-4-6-10(7-5-9)11-12(13)15-16-17(11)2/h4-7,14H,3,8H2,1-2H3. The van der Waals surface area contributed by atoms with Crippen LogP contribution in [0.3, 0.4) is 0 Å². The molecule has 2 rings (SSSR count). The van der Waals surface area contributed by atoms with Crippen molar-refractivity contribution < 1.29 is 0 Å². The number of nitrogens with zero attached hydrogens (tertiary/aromatic N) is 3. The summed E-state index contributed by atoms with van der Waals surface area (Å²) in [4.78, 5) is 0. The first-order chi connectivity index (χ1) is 8.22. The summed E-state index contributed by atoms with van der Waals surface area (Å²) in [5, 5.41) is 11.3. The summed E-state index contributed by atoms with van der Waals surface area (Å²) in [5.74, 6) is 0. The number of benzene rings is 1. The first kappa shape index (κ1) is 12.3. The Bertz CT molecular complexity index is 470. The summed E-state index contributed by atoms with van der Waals surface area (Å²) < 4.78 is 2.54. The molecule has 17 heavy (non-hydrogen) atoms. The van der Waals surface area contributed by atoms with Gasteiger partial charge in [0.15, 0.2) is 4.60 Å². The van der Waals surface area contributed by atoms with Crippen LogP contribution in [-0.2, 0) is 13.6 Å². The highest BCUT2D eigenvalue weighted by atomic mass is 79.9. The van der Waals surface area contributed by atoms with Gasteiger partial charge in [-0.3, -0.25) is 0 Å². The van der Waals surface area contributed by atoms with Crippen LogP contribution in [0, 0.1) is 0 Å². The van der Waals surface area contributed by atoms with E-state index in [1.54, 1.807) is 4.68 Å². The van der Waals surface area contributed by atoms with Crippen molar-refractivity contribution in [3.05, 3.63) is 34.4 Å². The molecule has 2 aromatic rings. The summed E-state index contributed by atoms with van der Waals surface area (Å²) in [6.07, 6.45) is 0. The number of aromatic nitrogens is 3. The Kier molecular flexibility index (Phi) is 3.91. The number of aryl methyl sites for hydroxylation is 1. The number of hydrogen-bond acceptors (Lipinski definition) is 3. The Labute approximate surface area is 109 Å². The summed E-state index contributed by atoms with van der Waals surface area (Å²) in [6, 6.07) is 8.43. The van der Waals surface area contributed by atoms with Crippen LogP contribution in [0.1, 0.15) is 12.5 Å². The summed E-state index contributed by atoms with van der Waals surface area (Å²) >= 11 is 3.41. The number of rotatable bonds is 4. The third-order valence-corrected chi connectivity index (χ3v) is 3.13. The van der Waals surface area contributed by atoms with Gasteiger partial charge in [0.1, 0.15) is 5.69 Å². The summed E-state index contributed by atoms with van der Waals surface area (Å²) in [6.45, 7) is 3.99. The maximum Gasteiger partial charge on any atom is 0.156 e. The van der Waals surface area contributed by atoms with E-state index in [0.29, 0.717) is 0 Å². The van der Waals surface area contributed by atoms with Crippen molar-refractivity contribution in [2.24, 2.45) is 7.05 Å². The predicted molar refractivity (Wildman–Crippen MR) is 71.5 cm³/mol. The van der Waals surface area contributed by atoms with Gasteiger partial charge in [-0.25, -0.2) is 4.68 Å². The topological polar surface area (TPSA) is 42.7 Å². The van der Waals surface area contributed by atoms with Crippen LogP contribution in [0.15, 0.2) is 28.9 Å². The zero-order chi connectivity index (χ0) is 12.3. The molecular formula is C12H15BrN4. The number of nitrogens with one attached hydrogen (secondary N) is 1. The van der Waals surface area contributed by atoms with Crippen LogP contribution in [0.25, 0.3) is 11.3 Å². The minimum atomic E-state index is 0.777. The van der Waals surface area contributed by atoms with Crippen LogP contribution in [0.4, 0.5) is 0 Å². The Morgan fingerprint density at radius 1 is 1.29 bits per heavy atom. The van der Waals surface area contributed by atoms with Crippen LogP contribution in [0.2, 0.25) is 0 Å². The van der Waals surface area contributed by atoms with E-state index in [0.717, 1.165) is 29.0 Å². The minimum absolute atomic E-state index is 0.777. The van der Waals surface area contributed by atoms with E-state index in [1.165, 1.54) is 5.56 Å². The molecule has 90 valence electrons. The van der Waals surface area contributed by atoms with Gasteiger partial charge < -0.3 is 5.32 Å². The van der Waals surface area contributed by atoms with Crippen molar-refractivity contribution in [2.45, 2.75) is 13.5 Å². The maximum absolute atomic E-state index is 3.98. The zero-order valence-electron chi connectivity index (χ0n) is 9.94. The molecule has 0 bridgehead atoms. The van der Waals surface area contributed by atoms with Crippen molar-refractivity contribution in [3.63, 3.8) is 0 Å². The second kappa shape index (κ2) is 5.42. The minimum Gasteiger partial charge on any atom is -0.313 e. The molecule has 0 saturated heterocycles. The quantitative estimate of drug-likeness (QED) is 0.941. The molecule has 0 fully saturated rings. The van der Waals surface area contributed by atoms with Crippen molar-refractivity contribution in [1.29, 1.82) is 0 Å². The third-order valence-electron chi connectivity index (χ3n) is 2.59. The van der Waals surface area contributed by atoms with E-state index in [2.05, 4.69) is 62.7 Å². The van der Waals surface area contributed by atoms with Crippen LogP contribution in [-0.4, -0.2) is 21.5 Å². The van der Waals surface area contributed by atoms with E-state index in [9.17, 15) is 0 Å². The molecule has 0 aliphatic carbocycles. The Morgan fingerprint density at radius 3 is 2.53 bits per heavy atom. The largest absolute Gasteiger partial charge is 0.313 e. The van der Waals surface area contributed by atoms with Gasteiger partial charge in [0.05, 0.1) is 0 Å². The van der Waals surface area contributed by atoms with Gasteiger partial charge in [0, 0.05) is 19.2 Å². The van der Waals surface area contributed by atoms with E-state index < -0.39 is 0 Å². The predicted octanol–water partition coefficient (Wildman–Crippen LogP) is 2.35. The van der Waals surface area contributed by atoms with Crippen molar-refractivity contribution in [3.8, 4) is 11.3 Å². The zero-order valence-corrected chi connectivity index (χ0v) is 11.5. The summed E-state index contributed by atoms with van der Waals surface area (Å²) in [5.41, 5.74) is 3.39. The highest BCUT2D eigenvalue weighted by Crippen LogP contribution is 2.25. The van der Waals surface area contributed by atoms with Crippen LogP contribution < -0.4 is 5.32 Å². The van der Waals surface area contributed by atoms with Gasteiger partial charge in [0.2, 0.25) is 0 Å². The Morgan fingerprint density at radius 2 is 2.00 bits per heavy atom. The summed E-state index contributed by atoms with van der Waals surface area (Å²) in [7, 11) is 1.89. The molecule has 0 saturated carbocycles. The fourth-order valence-corrected chi connectivity index (χ4v) is 2.24. The van der Waals surface area contributed by atoms with E-state index >= 15 is 0 Å². The molecule has 4 nitrogen and oxygen atoms in total. The van der Waals surface area contributed by atoms with Gasteiger partial charge in [-0.1, -0.05) is 36.4 Å². The van der Waals surface area contributed by atoms with Gasteiger partial charge >= 0.3 is 0 Å². The van der Waals surface area contributed by atoms with E-state index in [-0.39, 0.29) is 0 Å². The van der Waals surface area contributed by atoms with Crippen molar-refractivity contribution in [1.82, 2.24) is 20.3 Å². The first-order valence-corrected chi connectivity index (χ1v) is 6.37. The fourth-order valence-electron chi connectivity index (χ4n) is 1.69. The first-order valence-electron chi connectivity index (χ1n) is 5.57. The van der Waals surface area contributed by atoms with Crippen molar-refractivity contribution >= 4 is 15.9 Å². The average molecular weight is 295 g/mol. The molecule has 0 atom stereocenters. The smallest absolute Gasteiger partial charge is 0.156 e. The molecule has 1 heterocycles. The molecule has 0 unspecified atom stereocenters. The second-order valence-corrected chi connectivity index (χ2v) is 4.58. The molecule has 1 aromatic heterocycles. The lowest BCUT2D eigenvalue weighted by molar-refractivity contribution is 0.719. The lowest BCUT2D eigenvalue weighted by atomic mass is 10.1. The second-order valence-electron chi connectivity index (χ2n) is 3.83. The van der Waals surface area contributed by atoms with E-state index in [1.807, 2.05) is 7.05 Å². The van der Waals surface area contributed by atoms with Crippen molar-refractivity contribution in [2.75, 3.05) is 6.54 Å². The average Bonchev–Trinajstić information content (AvgIpc) is 2.67. The molecule has 0 aliphatic rings. The van der Waals surface area contributed by atoms with Gasteiger partial charge in [-0.05, 0) is 28.0 Å². The van der Waals surface area contributed by atoms with Gasteiger partial charge in [-0.15, -0.1) is 5.10 Å². The molecule has 1 aromatic carbocycles. The molecule has 0 radical (unpaired) electrons. The highest BCUT2D eigenvalue weighted by molar-refractivity contribution is 9.10. The lowest BCUT2D eigenvalue weighted by Crippen LogP contribution is -2.11. The number of hydrogen-bond donors (Lipinski definition) is 1.